The largest absolute Gasteiger partial charge is 4.00 e. The average molecular weight is 477 g/mol. The summed E-state index contributed by atoms with van der Waals surface area (Å²) in [5.74, 6) is 0. The molecule has 0 aromatic rings. The molecule has 9 heteroatoms. The molecule has 110 valence electrons. The first-order valence-electron chi connectivity index (χ1n) is 6.23. The maximum Gasteiger partial charge on any atom is 4.00 e. The van der Waals surface area contributed by atoms with Gasteiger partial charge >= 0.3 is 25.8 Å². The van der Waals surface area contributed by atoms with Crippen molar-refractivity contribution >= 4 is 15.2 Å². The molecule has 0 radical (unpaired) electrons. The van der Waals surface area contributed by atoms with E-state index in [1.165, 1.54) is 0 Å². The summed E-state index contributed by atoms with van der Waals surface area (Å²) in [4.78, 5) is 41.3. The molecule has 0 unspecified atom stereocenters. The van der Waals surface area contributed by atoms with E-state index < -0.39 is 15.2 Å². The zero-order valence-corrected chi connectivity index (χ0v) is 16.3. The second kappa shape index (κ2) is 11.8. The van der Waals surface area contributed by atoms with E-state index in [0.29, 0.717) is 12.8 Å². The van der Waals surface area contributed by atoms with Gasteiger partial charge in [0.15, 0.2) is 0 Å². The van der Waals surface area contributed by atoms with Gasteiger partial charge in [0.05, 0.1) is 0 Å². The van der Waals surface area contributed by atoms with Crippen LogP contribution in [0.1, 0.15) is 51.4 Å². The molecule has 0 aliphatic carbocycles. The predicted octanol–water partition coefficient (Wildman–Crippen LogP) is -0.0679. The third-order valence-corrected chi connectivity index (χ3v) is 4.34. The number of hydrogen-bond donors (Lipinski definition) is 0. The minimum absolute atomic E-state index is 0. The Morgan fingerprint density at radius 3 is 0.947 bits per heavy atom. The van der Waals surface area contributed by atoms with Crippen LogP contribution in [0, 0.1) is 0 Å². The van der Waals surface area contributed by atoms with Gasteiger partial charge in [-0.1, -0.05) is 53.7 Å². The molecule has 0 heterocycles. The van der Waals surface area contributed by atoms with Gasteiger partial charge in [-0.3, -0.25) is 0 Å². The van der Waals surface area contributed by atoms with Gasteiger partial charge in [-0.05, 0) is 25.2 Å². The second-order valence-electron chi connectivity index (χ2n) is 4.50. The van der Waals surface area contributed by atoms with E-state index in [9.17, 15) is 28.7 Å². The first kappa shape index (κ1) is 22.5. The van der Waals surface area contributed by atoms with Crippen molar-refractivity contribution < 1.29 is 54.5 Å². The van der Waals surface area contributed by atoms with Gasteiger partial charge in [0.1, 0.15) is 0 Å². The number of hydrogen-bond acceptors (Lipinski definition) is 6. The molecular formula is C10H20HfO6P2. The van der Waals surface area contributed by atoms with E-state index in [-0.39, 0.29) is 38.2 Å². The summed E-state index contributed by atoms with van der Waals surface area (Å²) >= 11 is 0. The van der Waals surface area contributed by atoms with Crippen LogP contribution in [0.15, 0.2) is 0 Å². The van der Waals surface area contributed by atoms with Gasteiger partial charge in [-0.15, -0.1) is 0 Å². The Morgan fingerprint density at radius 1 is 0.526 bits per heavy atom. The minimum atomic E-state index is -4.34. The molecule has 0 N–H and O–H groups in total. The van der Waals surface area contributed by atoms with Gasteiger partial charge in [0.2, 0.25) is 0 Å². The Balaban J connectivity index is 0. The van der Waals surface area contributed by atoms with Gasteiger partial charge < -0.3 is 28.7 Å². The summed E-state index contributed by atoms with van der Waals surface area (Å²) in [5.41, 5.74) is 0. The van der Waals surface area contributed by atoms with E-state index in [1.54, 1.807) is 0 Å². The fourth-order valence-electron chi connectivity index (χ4n) is 1.67. The van der Waals surface area contributed by atoms with Crippen LogP contribution >= 0.6 is 15.2 Å². The molecule has 19 heavy (non-hydrogen) atoms. The van der Waals surface area contributed by atoms with Crippen molar-refractivity contribution in [3.8, 4) is 0 Å². The van der Waals surface area contributed by atoms with Gasteiger partial charge in [-0.2, -0.15) is 0 Å². The van der Waals surface area contributed by atoms with Crippen LogP contribution in [0.25, 0.3) is 0 Å². The van der Waals surface area contributed by atoms with Crippen molar-refractivity contribution in [2.75, 3.05) is 12.3 Å². The fraction of sp³-hybridized carbons (Fsp3) is 1.00. The molecular weight excluding hydrogens is 457 g/mol. The molecule has 0 aliphatic heterocycles. The average Bonchev–Trinajstić information content (AvgIpc) is 2.17. The molecule has 0 saturated carbocycles. The molecule has 0 rings (SSSR count). The summed E-state index contributed by atoms with van der Waals surface area (Å²) in [6, 6.07) is 0. The summed E-state index contributed by atoms with van der Waals surface area (Å²) < 4.78 is 20.6. The van der Waals surface area contributed by atoms with Crippen LogP contribution in [0.5, 0.6) is 0 Å². The molecule has 0 aromatic carbocycles. The predicted molar refractivity (Wildman–Crippen MR) is 61.9 cm³/mol. The Labute approximate surface area is 133 Å². The van der Waals surface area contributed by atoms with Crippen molar-refractivity contribution in [2.45, 2.75) is 51.4 Å². The number of unbranched alkanes of at least 4 members (excludes halogenated alkanes) is 7. The normalized spacial score (nSPS) is 12.2. The van der Waals surface area contributed by atoms with Gasteiger partial charge in [0.25, 0.3) is 0 Å². The van der Waals surface area contributed by atoms with Crippen molar-refractivity contribution in [3.05, 3.63) is 0 Å². The Bertz CT molecular complexity index is 270. The van der Waals surface area contributed by atoms with E-state index in [0.717, 1.165) is 38.5 Å². The Morgan fingerprint density at radius 2 is 0.737 bits per heavy atom. The minimum Gasteiger partial charge on any atom is -0.811 e. The SMILES string of the molecule is O=P([O-])([O-])CCCCCCCCCCP(=O)([O-])[O-].[Hf+4]. The molecule has 0 amide bonds. The Kier molecular flexibility index (Phi) is 13.9. The molecule has 0 saturated heterocycles. The van der Waals surface area contributed by atoms with Crippen LogP contribution in [0.2, 0.25) is 0 Å². The van der Waals surface area contributed by atoms with E-state index in [1.807, 2.05) is 0 Å². The smallest absolute Gasteiger partial charge is 0.811 e. The first-order chi connectivity index (χ1) is 8.21. The van der Waals surface area contributed by atoms with Crippen molar-refractivity contribution in [1.29, 1.82) is 0 Å². The van der Waals surface area contributed by atoms with Crippen molar-refractivity contribution in [1.82, 2.24) is 0 Å². The zero-order valence-electron chi connectivity index (χ0n) is 10.9. The molecule has 0 aliphatic rings. The maximum absolute atomic E-state index is 10.3. The molecule has 0 spiro atoms. The number of rotatable bonds is 11. The van der Waals surface area contributed by atoms with Gasteiger partial charge in [0, 0.05) is 0 Å². The van der Waals surface area contributed by atoms with Crippen LogP contribution in [0.3, 0.4) is 0 Å². The zero-order chi connectivity index (χ0) is 14.1. The van der Waals surface area contributed by atoms with Gasteiger partial charge in [-0.25, -0.2) is 0 Å². The fourth-order valence-corrected chi connectivity index (χ4v) is 2.89. The summed E-state index contributed by atoms with van der Waals surface area (Å²) in [5, 5.41) is 0. The monoisotopic (exact) mass is 478 g/mol. The van der Waals surface area contributed by atoms with E-state index in [4.69, 9.17) is 0 Å². The molecule has 6 nitrogen and oxygen atoms in total. The summed E-state index contributed by atoms with van der Waals surface area (Å²) in [6.07, 6.45) is 5.38. The summed E-state index contributed by atoms with van der Waals surface area (Å²) in [7, 11) is -8.68. The standard InChI is InChI=1S/C10H24O6P2.Hf/c11-17(12,13)9-7-5-3-1-2-4-6-8-10-18(14,15)16;/h1-10H2,(H2,11,12,13)(H2,14,15,16);/q;+4/p-4. The van der Waals surface area contributed by atoms with E-state index >= 15 is 0 Å². The first-order valence-corrected chi connectivity index (χ1v) is 9.68. The molecule has 0 aromatic heterocycles. The topological polar surface area (TPSA) is 126 Å². The quantitative estimate of drug-likeness (QED) is 0.233. The van der Waals surface area contributed by atoms with Crippen molar-refractivity contribution in [3.63, 3.8) is 0 Å². The van der Waals surface area contributed by atoms with Crippen LogP contribution in [0.4, 0.5) is 0 Å². The molecule has 0 atom stereocenters. The second-order valence-corrected chi connectivity index (χ2v) is 7.84. The van der Waals surface area contributed by atoms with E-state index in [2.05, 4.69) is 0 Å². The third-order valence-electron chi connectivity index (χ3n) is 2.61. The third kappa shape index (κ3) is 21.6. The molecule has 0 fully saturated rings. The van der Waals surface area contributed by atoms with Crippen molar-refractivity contribution in [2.24, 2.45) is 0 Å². The molecule has 0 bridgehead atoms. The summed E-state index contributed by atoms with van der Waals surface area (Å²) in [6.45, 7) is 0. The Hall–Kier alpha value is 1.17. The van der Waals surface area contributed by atoms with Crippen LogP contribution in [-0.2, 0) is 35.0 Å². The van der Waals surface area contributed by atoms with Crippen LogP contribution in [-0.4, -0.2) is 12.3 Å². The van der Waals surface area contributed by atoms with Crippen LogP contribution < -0.4 is 19.6 Å². The maximum atomic E-state index is 10.3.